The minimum Gasteiger partial charge on any atom is -0.497 e. The van der Waals surface area contributed by atoms with Crippen molar-refractivity contribution in [3.05, 3.63) is 69.7 Å². The van der Waals surface area contributed by atoms with E-state index in [0.717, 1.165) is 16.9 Å². The van der Waals surface area contributed by atoms with Crippen LogP contribution in [0.5, 0.6) is 5.75 Å². The average Bonchev–Trinajstić information content (AvgIpc) is 3.17. The van der Waals surface area contributed by atoms with Gasteiger partial charge in [0.15, 0.2) is 0 Å². The van der Waals surface area contributed by atoms with E-state index in [1.807, 2.05) is 31.2 Å². The van der Waals surface area contributed by atoms with Crippen molar-refractivity contribution in [1.82, 2.24) is 15.5 Å². The van der Waals surface area contributed by atoms with Crippen LogP contribution in [0, 0.1) is 6.92 Å². The summed E-state index contributed by atoms with van der Waals surface area (Å²) >= 11 is 1.13. The van der Waals surface area contributed by atoms with Crippen LogP contribution in [-0.2, 0) is 6.54 Å². The normalized spacial score (nSPS) is 10.3. The van der Waals surface area contributed by atoms with Gasteiger partial charge in [0.25, 0.3) is 11.8 Å². The predicted molar refractivity (Wildman–Crippen MR) is 103 cm³/mol. The zero-order valence-corrected chi connectivity index (χ0v) is 15.7. The SMILES string of the molecule is COc1cccc(C(=O)NCc2nnc(C(=O)Nc3ccc(C)cc3)s2)c1. The number of aryl methyl sites for hydroxylation is 1. The zero-order valence-electron chi connectivity index (χ0n) is 14.9. The molecule has 3 aromatic rings. The Morgan fingerprint density at radius 1 is 1.07 bits per heavy atom. The second kappa shape index (κ2) is 8.41. The quantitative estimate of drug-likeness (QED) is 0.683. The highest BCUT2D eigenvalue weighted by Gasteiger charge is 2.14. The molecule has 0 unspecified atom stereocenters. The van der Waals surface area contributed by atoms with Gasteiger partial charge in [0.2, 0.25) is 5.01 Å². The number of anilines is 1. The Balaban J connectivity index is 1.57. The second-order valence-electron chi connectivity index (χ2n) is 5.74. The van der Waals surface area contributed by atoms with Gasteiger partial charge in [-0.3, -0.25) is 9.59 Å². The van der Waals surface area contributed by atoms with Gasteiger partial charge in [-0.15, -0.1) is 10.2 Å². The molecular weight excluding hydrogens is 364 g/mol. The van der Waals surface area contributed by atoms with Crippen molar-refractivity contribution in [3.8, 4) is 5.75 Å². The van der Waals surface area contributed by atoms with Gasteiger partial charge in [-0.2, -0.15) is 0 Å². The molecular formula is C19H18N4O3S. The van der Waals surface area contributed by atoms with Crippen molar-refractivity contribution < 1.29 is 14.3 Å². The number of aromatic nitrogens is 2. The lowest BCUT2D eigenvalue weighted by molar-refractivity contribution is 0.0949. The number of amides is 2. The van der Waals surface area contributed by atoms with E-state index in [2.05, 4.69) is 20.8 Å². The van der Waals surface area contributed by atoms with Gasteiger partial charge in [-0.25, -0.2) is 0 Å². The molecule has 2 N–H and O–H groups in total. The van der Waals surface area contributed by atoms with Crippen LogP contribution in [0.1, 0.15) is 30.7 Å². The molecule has 27 heavy (non-hydrogen) atoms. The predicted octanol–water partition coefficient (Wildman–Crippen LogP) is 3.04. The number of carbonyl (C=O) groups excluding carboxylic acids is 2. The second-order valence-corrected chi connectivity index (χ2v) is 6.80. The summed E-state index contributed by atoms with van der Waals surface area (Å²) in [7, 11) is 1.54. The molecule has 0 saturated heterocycles. The van der Waals surface area contributed by atoms with Gasteiger partial charge in [0.05, 0.1) is 13.7 Å². The van der Waals surface area contributed by atoms with Crippen LogP contribution in [0.25, 0.3) is 0 Å². The fraction of sp³-hybridized carbons (Fsp3) is 0.158. The van der Waals surface area contributed by atoms with Gasteiger partial charge < -0.3 is 15.4 Å². The standard InChI is InChI=1S/C19H18N4O3S/c1-12-6-8-14(9-7-12)21-18(25)19-23-22-16(27-19)11-20-17(24)13-4-3-5-15(10-13)26-2/h3-10H,11H2,1-2H3,(H,20,24)(H,21,25). The third-order valence-electron chi connectivity index (χ3n) is 3.70. The molecule has 2 aromatic carbocycles. The Bertz CT molecular complexity index is 954. The van der Waals surface area contributed by atoms with Crippen LogP contribution in [0.2, 0.25) is 0 Å². The summed E-state index contributed by atoms with van der Waals surface area (Å²) in [6, 6.07) is 14.3. The zero-order chi connectivity index (χ0) is 19.2. The number of hydrogen-bond acceptors (Lipinski definition) is 6. The minimum atomic E-state index is -0.332. The lowest BCUT2D eigenvalue weighted by Crippen LogP contribution is -2.22. The van der Waals surface area contributed by atoms with Crippen molar-refractivity contribution in [3.63, 3.8) is 0 Å². The minimum absolute atomic E-state index is 0.186. The maximum Gasteiger partial charge on any atom is 0.286 e. The van der Waals surface area contributed by atoms with Crippen LogP contribution >= 0.6 is 11.3 Å². The molecule has 2 amide bonds. The molecule has 0 bridgehead atoms. The molecule has 8 heteroatoms. The number of hydrogen-bond donors (Lipinski definition) is 2. The van der Waals surface area contributed by atoms with E-state index in [1.165, 1.54) is 0 Å². The first-order valence-corrected chi connectivity index (χ1v) is 8.99. The maximum absolute atomic E-state index is 12.2. The van der Waals surface area contributed by atoms with Gasteiger partial charge in [0, 0.05) is 11.3 Å². The lowest BCUT2D eigenvalue weighted by Gasteiger charge is -2.05. The monoisotopic (exact) mass is 382 g/mol. The summed E-state index contributed by atoms with van der Waals surface area (Å²) < 4.78 is 5.11. The largest absolute Gasteiger partial charge is 0.497 e. The number of methoxy groups -OCH3 is 1. The number of benzene rings is 2. The Morgan fingerprint density at radius 2 is 1.85 bits per heavy atom. The molecule has 0 saturated carbocycles. The molecule has 0 aliphatic heterocycles. The van der Waals surface area contributed by atoms with E-state index in [4.69, 9.17) is 4.74 Å². The maximum atomic E-state index is 12.2. The third-order valence-corrected chi connectivity index (χ3v) is 4.62. The van der Waals surface area contributed by atoms with Crippen LogP contribution in [0.3, 0.4) is 0 Å². The first-order chi connectivity index (χ1) is 13.0. The fourth-order valence-corrected chi connectivity index (χ4v) is 2.94. The van der Waals surface area contributed by atoms with Crippen molar-refractivity contribution in [2.75, 3.05) is 12.4 Å². The molecule has 0 aliphatic carbocycles. The van der Waals surface area contributed by atoms with Crippen molar-refractivity contribution in [2.45, 2.75) is 13.5 Å². The molecule has 0 aliphatic rings. The molecule has 0 fully saturated rings. The van der Waals surface area contributed by atoms with E-state index in [9.17, 15) is 9.59 Å². The molecule has 7 nitrogen and oxygen atoms in total. The van der Waals surface area contributed by atoms with Crippen molar-refractivity contribution in [2.24, 2.45) is 0 Å². The van der Waals surface area contributed by atoms with E-state index >= 15 is 0 Å². The van der Waals surface area contributed by atoms with E-state index in [1.54, 1.807) is 31.4 Å². The van der Waals surface area contributed by atoms with Crippen molar-refractivity contribution in [1.29, 1.82) is 0 Å². The topological polar surface area (TPSA) is 93.2 Å². The summed E-state index contributed by atoms with van der Waals surface area (Å²) in [6.45, 7) is 2.16. The number of nitrogens with zero attached hydrogens (tertiary/aromatic N) is 2. The Hall–Kier alpha value is -3.26. The third kappa shape index (κ3) is 4.89. The molecule has 3 rings (SSSR count). The molecule has 0 radical (unpaired) electrons. The van der Waals surface area contributed by atoms with E-state index in [-0.39, 0.29) is 23.4 Å². The Kier molecular flexibility index (Phi) is 5.77. The first-order valence-electron chi connectivity index (χ1n) is 8.18. The van der Waals surface area contributed by atoms with Crippen molar-refractivity contribution >= 4 is 28.8 Å². The molecule has 138 valence electrons. The number of ether oxygens (including phenoxy) is 1. The summed E-state index contributed by atoms with van der Waals surface area (Å²) in [5.41, 5.74) is 2.28. The van der Waals surface area contributed by atoms with Gasteiger partial charge in [-0.1, -0.05) is 35.1 Å². The lowest BCUT2D eigenvalue weighted by atomic mass is 10.2. The van der Waals surface area contributed by atoms with Crippen LogP contribution < -0.4 is 15.4 Å². The van der Waals surface area contributed by atoms with Gasteiger partial charge in [-0.05, 0) is 37.3 Å². The first kappa shape index (κ1) is 18.5. The number of carbonyl (C=O) groups is 2. The smallest absolute Gasteiger partial charge is 0.286 e. The van der Waals surface area contributed by atoms with Crippen LogP contribution in [0.15, 0.2) is 48.5 Å². The highest BCUT2D eigenvalue weighted by molar-refractivity contribution is 7.13. The molecule has 0 spiro atoms. The summed E-state index contributed by atoms with van der Waals surface area (Å²) in [6.07, 6.45) is 0. The van der Waals surface area contributed by atoms with Crippen LogP contribution in [0.4, 0.5) is 5.69 Å². The molecule has 1 aromatic heterocycles. The molecule has 1 heterocycles. The number of nitrogens with one attached hydrogen (secondary N) is 2. The highest BCUT2D eigenvalue weighted by atomic mass is 32.1. The number of rotatable bonds is 6. The molecule has 0 atom stereocenters. The Labute approximate surface area is 160 Å². The van der Waals surface area contributed by atoms with Gasteiger partial charge in [0.1, 0.15) is 10.8 Å². The van der Waals surface area contributed by atoms with E-state index < -0.39 is 0 Å². The van der Waals surface area contributed by atoms with Crippen LogP contribution in [-0.4, -0.2) is 29.1 Å². The fourth-order valence-electron chi connectivity index (χ4n) is 2.26. The van der Waals surface area contributed by atoms with Gasteiger partial charge >= 0.3 is 0 Å². The summed E-state index contributed by atoms with van der Waals surface area (Å²) in [4.78, 5) is 24.4. The summed E-state index contributed by atoms with van der Waals surface area (Å²) in [5, 5.41) is 14.2. The van der Waals surface area contributed by atoms with E-state index in [0.29, 0.717) is 22.0 Å². The Morgan fingerprint density at radius 3 is 2.59 bits per heavy atom. The average molecular weight is 382 g/mol. The summed E-state index contributed by atoms with van der Waals surface area (Å²) in [5.74, 6) is 0.0186. The highest BCUT2D eigenvalue weighted by Crippen LogP contribution is 2.15.